The topological polar surface area (TPSA) is 90.1 Å². The molecule has 0 unspecified atom stereocenters. The lowest BCUT2D eigenvalue weighted by Gasteiger charge is -2.07. The molecule has 0 atom stereocenters. The molecule has 1 N–H and O–H groups in total. The minimum absolute atomic E-state index is 0.0599. The average Bonchev–Trinajstić information content (AvgIpc) is 3.10. The maximum Gasteiger partial charge on any atom is 0.273 e. The van der Waals surface area contributed by atoms with Crippen molar-refractivity contribution in [2.75, 3.05) is 5.32 Å². The Hall–Kier alpha value is -3.76. The number of anilines is 1. The summed E-state index contributed by atoms with van der Waals surface area (Å²) in [5.74, 6) is -7.06. The van der Waals surface area contributed by atoms with E-state index in [9.17, 15) is 32.5 Å². The Balaban J connectivity index is 1.80. The van der Waals surface area contributed by atoms with Gasteiger partial charge < -0.3 is 5.32 Å². The average molecular weight is 408 g/mol. The van der Waals surface area contributed by atoms with E-state index in [1.807, 2.05) is 0 Å². The summed E-state index contributed by atoms with van der Waals surface area (Å²) in [5, 5.41) is 17.2. The van der Waals surface area contributed by atoms with Crippen LogP contribution >= 0.6 is 0 Å². The van der Waals surface area contributed by atoms with Gasteiger partial charge in [-0.3, -0.25) is 19.6 Å². The van der Waals surface area contributed by atoms with Gasteiger partial charge in [-0.1, -0.05) is 6.07 Å². The minimum Gasteiger partial charge on any atom is -0.319 e. The minimum atomic E-state index is -1.80. The number of nitrogens with zero attached hydrogens (tertiary/aromatic N) is 3. The van der Waals surface area contributed by atoms with Gasteiger partial charge >= 0.3 is 0 Å². The molecule has 0 spiro atoms. The highest BCUT2D eigenvalue weighted by Crippen LogP contribution is 2.23. The first kappa shape index (κ1) is 20.0. The van der Waals surface area contributed by atoms with Crippen LogP contribution in [0, 0.1) is 40.3 Å². The SMILES string of the molecule is Cc1c(C(=O)Nc2cnn(Cc3c(F)cc(F)c(F)c3F)c2)cccc1[N+](=O)[O-]. The number of hydrogen-bond donors (Lipinski definition) is 1. The third-order valence-electron chi connectivity index (χ3n) is 4.17. The molecule has 1 heterocycles. The van der Waals surface area contributed by atoms with Gasteiger partial charge in [-0.2, -0.15) is 5.10 Å². The van der Waals surface area contributed by atoms with Crippen molar-refractivity contribution in [2.45, 2.75) is 13.5 Å². The molecular formula is C18H12F4N4O3. The van der Waals surface area contributed by atoms with Crippen LogP contribution < -0.4 is 5.32 Å². The largest absolute Gasteiger partial charge is 0.319 e. The van der Waals surface area contributed by atoms with Crippen molar-refractivity contribution in [3.63, 3.8) is 0 Å². The quantitative estimate of drug-likeness (QED) is 0.228. The van der Waals surface area contributed by atoms with Crippen LogP contribution in [0.4, 0.5) is 28.9 Å². The molecular weight excluding hydrogens is 396 g/mol. The first-order chi connectivity index (χ1) is 13.7. The Morgan fingerprint density at radius 3 is 2.62 bits per heavy atom. The predicted octanol–water partition coefficient (Wildman–Crippen LogP) is 3.96. The van der Waals surface area contributed by atoms with E-state index < -0.39 is 46.2 Å². The van der Waals surface area contributed by atoms with E-state index in [0.29, 0.717) is 0 Å². The van der Waals surface area contributed by atoms with Crippen molar-refractivity contribution < 1.29 is 27.3 Å². The summed E-state index contributed by atoms with van der Waals surface area (Å²) < 4.78 is 54.9. The number of nitrogens with one attached hydrogen (secondary N) is 1. The van der Waals surface area contributed by atoms with Crippen molar-refractivity contribution in [1.29, 1.82) is 0 Å². The monoisotopic (exact) mass is 408 g/mol. The maximum absolute atomic E-state index is 13.8. The molecule has 1 amide bonds. The van der Waals surface area contributed by atoms with E-state index in [4.69, 9.17) is 0 Å². The molecule has 0 saturated carbocycles. The van der Waals surface area contributed by atoms with Gasteiger partial charge in [0.15, 0.2) is 17.5 Å². The van der Waals surface area contributed by atoms with Crippen LogP contribution in [-0.4, -0.2) is 20.6 Å². The van der Waals surface area contributed by atoms with Crippen molar-refractivity contribution >= 4 is 17.3 Å². The molecule has 0 aliphatic heterocycles. The summed E-state index contributed by atoms with van der Waals surface area (Å²) in [5.41, 5.74) is -0.612. The van der Waals surface area contributed by atoms with E-state index in [1.165, 1.54) is 37.5 Å². The second kappa shape index (κ2) is 7.70. The third kappa shape index (κ3) is 3.93. The summed E-state index contributed by atoms with van der Waals surface area (Å²) in [7, 11) is 0. The fraction of sp³-hybridized carbons (Fsp3) is 0.111. The van der Waals surface area contributed by atoms with E-state index >= 15 is 0 Å². The molecule has 0 aliphatic carbocycles. The molecule has 2 aromatic carbocycles. The molecule has 150 valence electrons. The fourth-order valence-electron chi connectivity index (χ4n) is 2.69. The summed E-state index contributed by atoms with van der Waals surface area (Å²) in [6.45, 7) is 0.867. The van der Waals surface area contributed by atoms with Gasteiger partial charge in [-0.05, 0) is 13.0 Å². The summed E-state index contributed by atoms with van der Waals surface area (Å²) >= 11 is 0. The number of carbonyl (C=O) groups excluding carboxylic acids is 1. The molecule has 0 fully saturated rings. The number of hydrogen-bond acceptors (Lipinski definition) is 4. The van der Waals surface area contributed by atoms with E-state index in [0.717, 1.165) is 4.68 Å². The van der Waals surface area contributed by atoms with E-state index in [-0.39, 0.29) is 28.6 Å². The first-order valence-corrected chi connectivity index (χ1v) is 8.08. The van der Waals surface area contributed by atoms with E-state index in [1.54, 1.807) is 0 Å². The number of carbonyl (C=O) groups is 1. The number of amides is 1. The molecule has 0 aliphatic rings. The Morgan fingerprint density at radius 1 is 1.21 bits per heavy atom. The molecule has 0 radical (unpaired) electrons. The zero-order chi connectivity index (χ0) is 21.3. The Bertz CT molecular complexity index is 1130. The molecule has 3 rings (SSSR count). The highest BCUT2D eigenvalue weighted by Gasteiger charge is 2.21. The highest BCUT2D eigenvalue weighted by atomic mass is 19.2. The lowest BCUT2D eigenvalue weighted by Crippen LogP contribution is -2.14. The summed E-state index contributed by atoms with van der Waals surface area (Å²) in [4.78, 5) is 22.8. The lowest BCUT2D eigenvalue weighted by molar-refractivity contribution is -0.385. The van der Waals surface area contributed by atoms with Gasteiger partial charge in [0, 0.05) is 35.0 Å². The van der Waals surface area contributed by atoms with Crippen LogP contribution in [0.3, 0.4) is 0 Å². The zero-order valence-corrected chi connectivity index (χ0v) is 14.7. The van der Waals surface area contributed by atoms with Gasteiger partial charge in [0.2, 0.25) is 0 Å². The van der Waals surface area contributed by atoms with Gasteiger partial charge in [0.25, 0.3) is 11.6 Å². The molecule has 0 bridgehead atoms. The van der Waals surface area contributed by atoms with Crippen molar-refractivity contribution in [3.8, 4) is 0 Å². The van der Waals surface area contributed by atoms with Crippen LogP contribution in [-0.2, 0) is 6.54 Å². The Morgan fingerprint density at radius 2 is 1.93 bits per heavy atom. The second-order valence-electron chi connectivity index (χ2n) is 6.03. The summed E-state index contributed by atoms with van der Waals surface area (Å²) in [6, 6.07) is 4.24. The molecule has 3 aromatic rings. The second-order valence-corrected chi connectivity index (χ2v) is 6.03. The standard InChI is InChI=1S/C18H12F4N4O3/c1-9-11(3-2-4-15(9)26(28)29)18(27)24-10-6-23-25(7-10)8-12-13(19)5-14(20)17(22)16(12)21/h2-7H,8H2,1H3,(H,24,27). The van der Waals surface area contributed by atoms with Crippen LogP contribution in [0.25, 0.3) is 0 Å². The van der Waals surface area contributed by atoms with Gasteiger partial charge in [-0.15, -0.1) is 0 Å². The zero-order valence-electron chi connectivity index (χ0n) is 14.7. The molecule has 7 nitrogen and oxygen atoms in total. The predicted molar refractivity (Wildman–Crippen MR) is 93.4 cm³/mol. The molecule has 29 heavy (non-hydrogen) atoms. The fourth-order valence-corrected chi connectivity index (χ4v) is 2.69. The van der Waals surface area contributed by atoms with Crippen LogP contribution in [0.1, 0.15) is 21.5 Å². The Kier molecular flexibility index (Phi) is 5.31. The van der Waals surface area contributed by atoms with Gasteiger partial charge in [-0.25, -0.2) is 17.6 Å². The van der Waals surface area contributed by atoms with Crippen LogP contribution in [0.2, 0.25) is 0 Å². The lowest BCUT2D eigenvalue weighted by atomic mass is 10.1. The normalized spacial score (nSPS) is 10.8. The Labute approximate surface area is 160 Å². The molecule has 1 aromatic heterocycles. The van der Waals surface area contributed by atoms with Crippen molar-refractivity contribution in [2.24, 2.45) is 0 Å². The number of nitro groups is 1. The van der Waals surface area contributed by atoms with Crippen LogP contribution in [0.15, 0.2) is 36.7 Å². The number of aromatic nitrogens is 2. The highest BCUT2D eigenvalue weighted by molar-refractivity contribution is 6.05. The van der Waals surface area contributed by atoms with Crippen LogP contribution in [0.5, 0.6) is 0 Å². The third-order valence-corrected chi connectivity index (χ3v) is 4.17. The number of rotatable bonds is 5. The smallest absolute Gasteiger partial charge is 0.273 e. The number of halogens is 4. The molecule has 11 heteroatoms. The van der Waals surface area contributed by atoms with E-state index in [2.05, 4.69) is 10.4 Å². The van der Waals surface area contributed by atoms with Gasteiger partial charge in [0.1, 0.15) is 5.82 Å². The first-order valence-electron chi connectivity index (χ1n) is 8.08. The van der Waals surface area contributed by atoms with Crippen molar-refractivity contribution in [1.82, 2.24) is 9.78 Å². The summed E-state index contributed by atoms with van der Waals surface area (Å²) in [6.07, 6.45) is 2.38. The van der Waals surface area contributed by atoms with Gasteiger partial charge in [0.05, 0.1) is 23.4 Å². The number of nitro benzene ring substituents is 1. The van der Waals surface area contributed by atoms with Crippen molar-refractivity contribution in [3.05, 3.63) is 86.7 Å². The molecule has 0 saturated heterocycles. The maximum atomic E-state index is 13.8. The number of benzene rings is 2.